The zero-order valence-electron chi connectivity index (χ0n) is 13.1. The zero-order chi connectivity index (χ0) is 18.9. The number of hydrogen-bond acceptors (Lipinski definition) is 3. The van der Waals surface area contributed by atoms with Crippen molar-refractivity contribution in [2.45, 2.75) is 19.1 Å². The largest absolute Gasteiger partial charge is 0.478 e. The lowest BCUT2D eigenvalue weighted by Crippen LogP contribution is -2.28. The predicted octanol–water partition coefficient (Wildman–Crippen LogP) is 3.28. The molecule has 2 N–H and O–H groups in total. The van der Waals surface area contributed by atoms with Gasteiger partial charge in [-0.1, -0.05) is 23.7 Å². The molecule has 0 saturated heterocycles. The Morgan fingerprint density at radius 3 is 2.32 bits per heavy atom. The predicted molar refractivity (Wildman–Crippen MR) is 82.5 cm³/mol. The first-order chi connectivity index (χ1) is 11.5. The third-order valence-electron chi connectivity index (χ3n) is 3.48. The van der Waals surface area contributed by atoms with Gasteiger partial charge in [-0.3, -0.25) is 9.48 Å². The third kappa shape index (κ3) is 3.93. The van der Waals surface area contributed by atoms with Crippen molar-refractivity contribution in [3.63, 3.8) is 0 Å². The number of aryl methyl sites for hydroxylation is 1. The molecule has 0 spiro atoms. The summed E-state index contributed by atoms with van der Waals surface area (Å²) in [7, 11) is 1.20. The number of aromatic carboxylic acids is 1. The van der Waals surface area contributed by atoms with Gasteiger partial charge in [0.2, 0.25) is 0 Å². The van der Waals surface area contributed by atoms with E-state index >= 15 is 0 Å². The molecular weight excluding hydrogens is 363 g/mol. The molecule has 2 rings (SSSR count). The molecule has 1 heterocycles. The molecule has 6 nitrogen and oxygen atoms in total. The first-order valence-corrected chi connectivity index (χ1v) is 7.34. The van der Waals surface area contributed by atoms with Crippen LogP contribution in [0.5, 0.6) is 0 Å². The van der Waals surface area contributed by atoms with Crippen LogP contribution in [-0.4, -0.2) is 26.8 Å². The van der Waals surface area contributed by atoms with Crippen molar-refractivity contribution >= 4 is 23.5 Å². The molecule has 1 atom stereocenters. The molecule has 0 aliphatic rings. The lowest BCUT2D eigenvalue weighted by molar-refractivity contribution is -0.141. The first kappa shape index (κ1) is 18.8. The Hall–Kier alpha value is -2.55. The van der Waals surface area contributed by atoms with Crippen molar-refractivity contribution < 1.29 is 27.9 Å². The number of carbonyl (C=O) groups excluding carboxylic acids is 1. The van der Waals surface area contributed by atoms with E-state index in [0.717, 1.165) is 4.68 Å². The molecule has 1 aromatic heterocycles. The van der Waals surface area contributed by atoms with Crippen LogP contribution in [0.3, 0.4) is 0 Å². The second-order valence-corrected chi connectivity index (χ2v) is 5.62. The van der Waals surface area contributed by atoms with Crippen molar-refractivity contribution in [2.75, 3.05) is 0 Å². The minimum atomic E-state index is -4.83. The topological polar surface area (TPSA) is 84.2 Å². The molecular formula is C15H13ClF3N3O3. The Bertz CT molecular complexity index is 816. The molecule has 0 bridgehead atoms. The summed E-state index contributed by atoms with van der Waals surface area (Å²) in [5, 5.41) is 14.1. The maximum absolute atomic E-state index is 13.0. The highest BCUT2D eigenvalue weighted by molar-refractivity contribution is 6.33. The Morgan fingerprint density at radius 2 is 1.84 bits per heavy atom. The number of hydrogen-bond donors (Lipinski definition) is 2. The number of carboxylic acids is 1. The fourth-order valence-corrected chi connectivity index (χ4v) is 2.38. The van der Waals surface area contributed by atoms with Crippen LogP contribution in [0, 0.1) is 0 Å². The highest BCUT2D eigenvalue weighted by atomic mass is 35.5. The van der Waals surface area contributed by atoms with Gasteiger partial charge < -0.3 is 10.4 Å². The minimum absolute atomic E-state index is 0.0527. The minimum Gasteiger partial charge on any atom is -0.478 e. The molecule has 25 heavy (non-hydrogen) atoms. The number of carbonyl (C=O) groups is 2. The van der Waals surface area contributed by atoms with Crippen molar-refractivity contribution in [1.82, 2.24) is 15.1 Å². The SMILES string of the molecule is CC(NC(=O)c1c(C(F)(F)F)nn(C)c1Cl)c1ccc(C(=O)O)cc1. The molecule has 0 radical (unpaired) electrons. The highest BCUT2D eigenvalue weighted by Crippen LogP contribution is 2.34. The number of alkyl halides is 3. The van der Waals surface area contributed by atoms with Crippen LogP contribution >= 0.6 is 11.6 Å². The molecule has 0 fully saturated rings. The standard InChI is InChI=1S/C15H13ClF3N3O3/c1-7(8-3-5-9(6-4-8)14(24)25)20-13(23)10-11(15(17,18)19)21-22(2)12(10)16/h3-7H,1-2H3,(H,20,23)(H,24,25). The Labute approximate surface area is 145 Å². The molecule has 0 saturated carbocycles. The Kier molecular flexibility index (Phi) is 5.07. The van der Waals surface area contributed by atoms with Gasteiger partial charge in [0.05, 0.1) is 11.6 Å². The molecule has 1 aromatic carbocycles. The molecule has 134 valence electrons. The maximum atomic E-state index is 13.0. The summed E-state index contributed by atoms with van der Waals surface area (Å²) in [6, 6.07) is 4.91. The maximum Gasteiger partial charge on any atom is 0.436 e. The van der Waals surface area contributed by atoms with E-state index in [9.17, 15) is 22.8 Å². The van der Waals surface area contributed by atoms with E-state index in [2.05, 4.69) is 10.4 Å². The van der Waals surface area contributed by atoms with Crippen LogP contribution in [0.2, 0.25) is 5.15 Å². The van der Waals surface area contributed by atoms with E-state index in [0.29, 0.717) is 5.56 Å². The van der Waals surface area contributed by atoms with E-state index in [1.807, 2.05) is 0 Å². The van der Waals surface area contributed by atoms with Gasteiger partial charge in [-0.05, 0) is 24.6 Å². The first-order valence-electron chi connectivity index (χ1n) is 6.96. The van der Waals surface area contributed by atoms with Crippen molar-refractivity contribution in [3.8, 4) is 0 Å². The number of amides is 1. The van der Waals surface area contributed by atoms with Crippen LogP contribution in [0.4, 0.5) is 13.2 Å². The number of aromatic nitrogens is 2. The summed E-state index contributed by atoms with van der Waals surface area (Å²) in [5.41, 5.74) is -1.56. The third-order valence-corrected chi connectivity index (χ3v) is 3.91. The smallest absolute Gasteiger partial charge is 0.436 e. The summed E-state index contributed by atoms with van der Waals surface area (Å²) in [4.78, 5) is 23.1. The van der Waals surface area contributed by atoms with Crippen LogP contribution in [-0.2, 0) is 13.2 Å². The summed E-state index contributed by atoms with van der Waals surface area (Å²) in [6.45, 7) is 1.55. The normalized spacial score (nSPS) is 12.7. The van der Waals surface area contributed by atoms with Gasteiger partial charge in [-0.2, -0.15) is 18.3 Å². The average Bonchev–Trinajstić information content (AvgIpc) is 2.83. The number of nitrogens with zero attached hydrogens (tertiary/aromatic N) is 2. The molecule has 10 heteroatoms. The van der Waals surface area contributed by atoms with Crippen molar-refractivity contribution in [1.29, 1.82) is 0 Å². The van der Waals surface area contributed by atoms with Crippen LogP contribution < -0.4 is 5.32 Å². The van der Waals surface area contributed by atoms with Gasteiger partial charge in [0.1, 0.15) is 10.7 Å². The fraction of sp³-hybridized carbons (Fsp3) is 0.267. The Morgan fingerprint density at radius 1 is 1.28 bits per heavy atom. The van der Waals surface area contributed by atoms with Gasteiger partial charge in [0.15, 0.2) is 5.69 Å². The van der Waals surface area contributed by atoms with E-state index in [1.54, 1.807) is 6.92 Å². The number of nitrogens with one attached hydrogen (secondary N) is 1. The van der Waals surface area contributed by atoms with Crippen molar-refractivity contribution in [3.05, 3.63) is 51.8 Å². The van der Waals surface area contributed by atoms with Gasteiger partial charge >= 0.3 is 12.1 Å². The van der Waals surface area contributed by atoms with Gasteiger partial charge in [0.25, 0.3) is 5.91 Å². The monoisotopic (exact) mass is 375 g/mol. The van der Waals surface area contributed by atoms with Gasteiger partial charge in [-0.15, -0.1) is 0 Å². The second kappa shape index (κ2) is 6.75. The van der Waals surface area contributed by atoms with Crippen LogP contribution in [0.25, 0.3) is 0 Å². The summed E-state index contributed by atoms with van der Waals surface area (Å²) >= 11 is 5.77. The lowest BCUT2D eigenvalue weighted by atomic mass is 10.1. The molecule has 1 unspecified atom stereocenters. The summed E-state index contributed by atoms with van der Waals surface area (Å²) < 4.78 is 39.8. The Balaban J connectivity index is 2.26. The fourth-order valence-electron chi connectivity index (χ4n) is 2.17. The van der Waals surface area contributed by atoms with Crippen LogP contribution in [0.15, 0.2) is 24.3 Å². The zero-order valence-corrected chi connectivity index (χ0v) is 13.8. The van der Waals surface area contributed by atoms with E-state index in [1.165, 1.54) is 31.3 Å². The quantitative estimate of drug-likeness (QED) is 0.859. The number of halogens is 4. The number of carboxylic acid groups (broad SMARTS) is 1. The van der Waals surface area contributed by atoms with Crippen molar-refractivity contribution in [2.24, 2.45) is 7.05 Å². The summed E-state index contributed by atoms with van der Waals surface area (Å²) in [6.07, 6.45) is -4.83. The van der Waals surface area contributed by atoms with E-state index < -0.39 is 40.5 Å². The molecule has 2 aromatic rings. The second-order valence-electron chi connectivity index (χ2n) is 5.26. The van der Waals surface area contributed by atoms with Crippen LogP contribution in [0.1, 0.15) is 44.9 Å². The van der Waals surface area contributed by atoms with Gasteiger partial charge in [0, 0.05) is 7.05 Å². The number of rotatable bonds is 4. The highest BCUT2D eigenvalue weighted by Gasteiger charge is 2.41. The molecule has 1 amide bonds. The lowest BCUT2D eigenvalue weighted by Gasteiger charge is -2.15. The van der Waals surface area contributed by atoms with E-state index in [4.69, 9.17) is 16.7 Å². The average molecular weight is 376 g/mol. The molecule has 0 aliphatic heterocycles. The summed E-state index contributed by atoms with van der Waals surface area (Å²) in [5.74, 6) is -2.14. The number of benzene rings is 1. The molecule has 0 aliphatic carbocycles. The van der Waals surface area contributed by atoms with E-state index in [-0.39, 0.29) is 5.56 Å². The van der Waals surface area contributed by atoms with Gasteiger partial charge in [-0.25, -0.2) is 4.79 Å².